The summed E-state index contributed by atoms with van der Waals surface area (Å²) in [5, 5.41) is 13.1. The Labute approximate surface area is 118 Å². The predicted molar refractivity (Wildman–Crippen MR) is 74.2 cm³/mol. The Morgan fingerprint density at radius 1 is 1.32 bits per heavy atom. The van der Waals surface area contributed by atoms with Crippen molar-refractivity contribution in [3.8, 4) is 0 Å². The maximum atomic E-state index is 12.6. The lowest BCUT2D eigenvalue weighted by Crippen LogP contribution is -2.53. The number of hydrogen-bond acceptors (Lipinski definition) is 2. The van der Waals surface area contributed by atoms with Crippen molar-refractivity contribution in [3.05, 3.63) is 34.9 Å². The standard InChI is InChI=1S/C15H18ClNO2/c16-12-4-1-3-11(9-12)15(5-2-6-15)13(19)17-14(10-18)7-8-14/h1,3-4,9,18H,2,5-8,10H2,(H,17,19). The van der Waals surface area contributed by atoms with E-state index < -0.39 is 5.41 Å². The normalized spacial score (nSPS) is 22.4. The van der Waals surface area contributed by atoms with Gasteiger partial charge < -0.3 is 10.4 Å². The van der Waals surface area contributed by atoms with Crippen molar-refractivity contribution < 1.29 is 9.90 Å². The fourth-order valence-electron chi connectivity index (χ4n) is 2.80. The van der Waals surface area contributed by atoms with E-state index in [1.54, 1.807) is 0 Å². The number of aliphatic hydroxyl groups is 1. The fraction of sp³-hybridized carbons (Fsp3) is 0.533. The largest absolute Gasteiger partial charge is 0.394 e. The molecule has 102 valence electrons. The lowest BCUT2D eigenvalue weighted by molar-refractivity contribution is -0.131. The molecule has 1 aromatic carbocycles. The lowest BCUT2D eigenvalue weighted by atomic mass is 9.63. The Bertz CT molecular complexity index is 507. The van der Waals surface area contributed by atoms with E-state index in [2.05, 4.69) is 5.32 Å². The van der Waals surface area contributed by atoms with Crippen LogP contribution in [0.2, 0.25) is 5.02 Å². The molecular formula is C15H18ClNO2. The number of hydrogen-bond donors (Lipinski definition) is 2. The SMILES string of the molecule is O=C(NC1(CO)CC1)C1(c2cccc(Cl)c2)CCC1. The molecule has 0 heterocycles. The molecule has 2 fully saturated rings. The molecule has 0 bridgehead atoms. The van der Waals surface area contributed by atoms with Crippen molar-refractivity contribution in [3.63, 3.8) is 0 Å². The van der Waals surface area contributed by atoms with Crippen LogP contribution in [-0.2, 0) is 10.2 Å². The van der Waals surface area contributed by atoms with Crippen molar-refractivity contribution in [1.29, 1.82) is 0 Å². The van der Waals surface area contributed by atoms with Crippen LogP contribution in [0.15, 0.2) is 24.3 Å². The number of carbonyl (C=O) groups excluding carboxylic acids is 1. The molecule has 2 N–H and O–H groups in total. The molecule has 3 rings (SSSR count). The third-order valence-electron chi connectivity index (χ3n) is 4.55. The van der Waals surface area contributed by atoms with Crippen molar-refractivity contribution in [2.75, 3.05) is 6.61 Å². The predicted octanol–water partition coefficient (Wildman–Crippen LogP) is 2.40. The second-order valence-electron chi connectivity index (χ2n) is 5.84. The summed E-state index contributed by atoms with van der Waals surface area (Å²) in [6.45, 7) is 0.0321. The zero-order valence-corrected chi connectivity index (χ0v) is 11.5. The minimum atomic E-state index is -0.435. The van der Waals surface area contributed by atoms with Gasteiger partial charge in [0, 0.05) is 5.02 Å². The van der Waals surface area contributed by atoms with Gasteiger partial charge in [0.15, 0.2) is 0 Å². The summed E-state index contributed by atoms with van der Waals surface area (Å²) in [7, 11) is 0. The second-order valence-corrected chi connectivity index (χ2v) is 6.28. The number of nitrogens with one attached hydrogen (secondary N) is 1. The van der Waals surface area contributed by atoms with Crippen molar-refractivity contribution in [1.82, 2.24) is 5.32 Å². The second kappa shape index (κ2) is 4.50. The molecule has 4 heteroatoms. The molecule has 0 aliphatic heterocycles. The number of rotatable bonds is 4. The average Bonchev–Trinajstić information content (AvgIpc) is 3.08. The van der Waals surface area contributed by atoms with Gasteiger partial charge in [-0.2, -0.15) is 0 Å². The summed E-state index contributed by atoms with van der Waals surface area (Å²) in [5.74, 6) is 0.0487. The molecule has 0 unspecified atom stereocenters. The summed E-state index contributed by atoms with van der Waals surface area (Å²) < 4.78 is 0. The van der Waals surface area contributed by atoms with Gasteiger partial charge in [-0.05, 0) is 43.4 Å². The highest BCUT2D eigenvalue weighted by Crippen LogP contribution is 2.46. The Morgan fingerprint density at radius 3 is 2.53 bits per heavy atom. The number of amides is 1. The van der Waals surface area contributed by atoms with E-state index in [1.807, 2.05) is 24.3 Å². The third-order valence-corrected chi connectivity index (χ3v) is 4.79. The maximum Gasteiger partial charge on any atom is 0.231 e. The Morgan fingerprint density at radius 2 is 2.05 bits per heavy atom. The van der Waals surface area contributed by atoms with Gasteiger partial charge in [0.25, 0.3) is 0 Å². The van der Waals surface area contributed by atoms with Gasteiger partial charge in [-0.25, -0.2) is 0 Å². The third kappa shape index (κ3) is 2.15. The number of carbonyl (C=O) groups is 1. The average molecular weight is 280 g/mol. The molecule has 19 heavy (non-hydrogen) atoms. The Kier molecular flexibility index (Phi) is 3.06. The van der Waals surface area contributed by atoms with Crippen LogP contribution < -0.4 is 5.32 Å². The summed E-state index contributed by atoms with van der Waals surface area (Å²) in [5.41, 5.74) is 0.214. The van der Waals surface area contributed by atoms with Gasteiger partial charge in [0.05, 0.1) is 17.6 Å². The molecule has 1 aromatic rings. The first kappa shape index (κ1) is 12.9. The summed E-state index contributed by atoms with van der Waals surface area (Å²) in [4.78, 5) is 12.6. The molecule has 0 aromatic heterocycles. The first-order valence-corrected chi connectivity index (χ1v) is 7.18. The van der Waals surface area contributed by atoms with Gasteiger partial charge in [-0.1, -0.05) is 30.2 Å². The molecule has 2 aliphatic rings. The van der Waals surface area contributed by atoms with E-state index in [0.717, 1.165) is 37.7 Å². The summed E-state index contributed by atoms with van der Waals surface area (Å²) in [6.07, 6.45) is 4.54. The van der Waals surface area contributed by atoms with E-state index >= 15 is 0 Å². The van der Waals surface area contributed by atoms with Gasteiger partial charge in [0.1, 0.15) is 0 Å². The molecule has 0 spiro atoms. The van der Waals surface area contributed by atoms with Crippen LogP contribution in [0.5, 0.6) is 0 Å². The molecule has 2 saturated carbocycles. The number of aliphatic hydroxyl groups excluding tert-OH is 1. The first-order chi connectivity index (χ1) is 9.10. The molecule has 2 aliphatic carbocycles. The summed E-state index contributed by atoms with van der Waals surface area (Å²) >= 11 is 6.04. The number of halogens is 1. The van der Waals surface area contributed by atoms with E-state index in [4.69, 9.17) is 11.6 Å². The van der Waals surface area contributed by atoms with Gasteiger partial charge in [0.2, 0.25) is 5.91 Å². The van der Waals surface area contributed by atoms with Crippen molar-refractivity contribution >= 4 is 17.5 Å². The van der Waals surface area contributed by atoms with Crippen LogP contribution in [0.3, 0.4) is 0 Å². The maximum absolute atomic E-state index is 12.6. The molecule has 3 nitrogen and oxygen atoms in total. The van der Waals surface area contributed by atoms with Crippen LogP contribution in [0.25, 0.3) is 0 Å². The zero-order chi connectivity index (χ0) is 13.5. The monoisotopic (exact) mass is 279 g/mol. The van der Waals surface area contributed by atoms with Crippen LogP contribution in [0, 0.1) is 0 Å². The summed E-state index contributed by atoms with van der Waals surface area (Å²) in [6, 6.07) is 7.58. The zero-order valence-electron chi connectivity index (χ0n) is 10.8. The fourth-order valence-corrected chi connectivity index (χ4v) is 2.99. The molecule has 1 amide bonds. The minimum absolute atomic E-state index is 0.0321. The van der Waals surface area contributed by atoms with Crippen LogP contribution in [0.1, 0.15) is 37.7 Å². The van der Waals surface area contributed by atoms with Crippen LogP contribution in [0.4, 0.5) is 0 Å². The van der Waals surface area contributed by atoms with E-state index in [1.165, 1.54) is 0 Å². The number of benzene rings is 1. The Hall–Kier alpha value is -1.06. The van der Waals surface area contributed by atoms with Crippen LogP contribution >= 0.6 is 11.6 Å². The molecule has 0 saturated heterocycles. The highest BCUT2D eigenvalue weighted by atomic mass is 35.5. The highest BCUT2D eigenvalue weighted by molar-refractivity contribution is 6.30. The first-order valence-electron chi connectivity index (χ1n) is 6.80. The van der Waals surface area contributed by atoms with Gasteiger partial charge in [-0.15, -0.1) is 0 Å². The highest BCUT2D eigenvalue weighted by Gasteiger charge is 2.51. The molecular weight excluding hydrogens is 262 g/mol. The Balaban J connectivity index is 1.85. The molecule has 0 atom stereocenters. The van der Waals surface area contributed by atoms with Crippen LogP contribution in [-0.4, -0.2) is 23.2 Å². The van der Waals surface area contributed by atoms with Gasteiger partial charge >= 0.3 is 0 Å². The quantitative estimate of drug-likeness (QED) is 0.889. The van der Waals surface area contributed by atoms with E-state index in [9.17, 15) is 9.90 Å². The smallest absolute Gasteiger partial charge is 0.231 e. The van der Waals surface area contributed by atoms with E-state index in [-0.39, 0.29) is 18.1 Å². The van der Waals surface area contributed by atoms with Gasteiger partial charge in [-0.3, -0.25) is 4.79 Å². The topological polar surface area (TPSA) is 49.3 Å². The minimum Gasteiger partial charge on any atom is -0.394 e. The van der Waals surface area contributed by atoms with E-state index in [0.29, 0.717) is 5.02 Å². The van der Waals surface area contributed by atoms with Crippen molar-refractivity contribution in [2.45, 2.75) is 43.1 Å². The molecule has 0 radical (unpaired) electrons. The lowest BCUT2D eigenvalue weighted by Gasteiger charge is -2.41. The van der Waals surface area contributed by atoms with Crippen molar-refractivity contribution in [2.24, 2.45) is 0 Å².